The smallest absolute Gasteiger partial charge is 0.319 e. The molecular formula is C12H13BrN4O3. The first kappa shape index (κ1) is 15.9. The second-order valence-corrected chi connectivity index (χ2v) is 4.84. The number of halogens is 1. The second-order valence-electron chi connectivity index (χ2n) is 3.99. The van der Waals surface area contributed by atoms with Crippen LogP contribution in [-0.2, 0) is 0 Å². The van der Waals surface area contributed by atoms with E-state index in [9.17, 15) is 14.9 Å². The van der Waals surface area contributed by atoms with E-state index in [-0.39, 0.29) is 18.2 Å². The average molecular weight is 341 g/mol. The van der Waals surface area contributed by atoms with Crippen LogP contribution in [0.4, 0.5) is 16.2 Å². The minimum absolute atomic E-state index is 0.133. The molecule has 0 radical (unpaired) electrons. The number of rotatable bonds is 5. The average Bonchev–Trinajstić information content (AvgIpc) is 2.40. The molecule has 1 rings (SSSR count). The molecule has 0 aliphatic rings. The van der Waals surface area contributed by atoms with Gasteiger partial charge in [0, 0.05) is 17.8 Å². The minimum Gasteiger partial charge on any atom is -0.334 e. The number of nitriles is 1. The summed E-state index contributed by atoms with van der Waals surface area (Å²) in [6, 6.07) is 5.53. The molecule has 0 saturated carbocycles. The topological polar surface area (TPSA) is 108 Å². The quantitative estimate of drug-likeness (QED) is 0.633. The SMILES string of the molecule is CC[C@@H](CC#N)NC(=O)Nc1ccc(Br)c([N+](=O)[O-])c1. The Morgan fingerprint density at radius 3 is 2.85 bits per heavy atom. The Bertz CT molecular complexity index is 556. The van der Waals surface area contributed by atoms with Gasteiger partial charge in [0.15, 0.2) is 0 Å². The number of nitrogens with one attached hydrogen (secondary N) is 2. The van der Waals surface area contributed by atoms with Crippen molar-refractivity contribution in [2.24, 2.45) is 0 Å². The number of nitro groups is 1. The van der Waals surface area contributed by atoms with Crippen molar-refractivity contribution < 1.29 is 9.72 Å². The first-order valence-corrected chi connectivity index (χ1v) is 6.65. The van der Waals surface area contributed by atoms with Crippen LogP contribution >= 0.6 is 15.9 Å². The number of nitrogens with zero attached hydrogens (tertiary/aromatic N) is 2. The van der Waals surface area contributed by atoms with Crippen molar-refractivity contribution in [2.45, 2.75) is 25.8 Å². The molecule has 20 heavy (non-hydrogen) atoms. The maximum Gasteiger partial charge on any atom is 0.319 e. The van der Waals surface area contributed by atoms with Crippen molar-refractivity contribution in [1.82, 2.24) is 5.32 Å². The Balaban J connectivity index is 2.74. The third kappa shape index (κ3) is 4.51. The van der Waals surface area contributed by atoms with Crippen LogP contribution in [0, 0.1) is 21.4 Å². The van der Waals surface area contributed by atoms with Gasteiger partial charge in [-0.25, -0.2) is 4.79 Å². The Labute approximate surface area is 124 Å². The predicted molar refractivity (Wildman–Crippen MR) is 77.3 cm³/mol. The Morgan fingerprint density at radius 1 is 1.60 bits per heavy atom. The largest absolute Gasteiger partial charge is 0.334 e. The van der Waals surface area contributed by atoms with Crippen LogP contribution in [0.2, 0.25) is 0 Å². The maximum absolute atomic E-state index is 11.7. The van der Waals surface area contributed by atoms with E-state index in [2.05, 4.69) is 26.6 Å². The number of urea groups is 1. The van der Waals surface area contributed by atoms with E-state index in [1.54, 1.807) is 6.07 Å². The van der Waals surface area contributed by atoms with Gasteiger partial charge >= 0.3 is 6.03 Å². The molecule has 0 unspecified atom stereocenters. The molecule has 8 heteroatoms. The number of hydrogen-bond donors (Lipinski definition) is 2. The van der Waals surface area contributed by atoms with Gasteiger partial charge in [0.25, 0.3) is 5.69 Å². The lowest BCUT2D eigenvalue weighted by atomic mass is 10.2. The number of hydrogen-bond acceptors (Lipinski definition) is 4. The summed E-state index contributed by atoms with van der Waals surface area (Å²) in [6.07, 6.45) is 0.839. The highest BCUT2D eigenvalue weighted by atomic mass is 79.9. The summed E-state index contributed by atoms with van der Waals surface area (Å²) in [4.78, 5) is 21.9. The molecule has 2 amide bonds. The van der Waals surface area contributed by atoms with E-state index >= 15 is 0 Å². The van der Waals surface area contributed by atoms with E-state index in [0.717, 1.165) is 0 Å². The molecule has 0 heterocycles. The van der Waals surface area contributed by atoms with Crippen molar-refractivity contribution >= 4 is 33.3 Å². The van der Waals surface area contributed by atoms with Crippen molar-refractivity contribution in [2.75, 3.05) is 5.32 Å². The van der Waals surface area contributed by atoms with Gasteiger partial charge in [-0.1, -0.05) is 6.92 Å². The molecular weight excluding hydrogens is 328 g/mol. The van der Waals surface area contributed by atoms with Crippen molar-refractivity contribution in [3.63, 3.8) is 0 Å². The van der Waals surface area contributed by atoms with Crippen LogP contribution < -0.4 is 10.6 Å². The number of benzene rings is 1. The fourth-order valence-corrected chi connectivity index (χ4v) is 1.88. The van der Waals surface area contributed by atoms with Crippen LogP contribution in [0.25, 0.3) is 0 Å². The normalized spacial score (nSPS) is 11.2. The zero-order valence-corrected chi connectivity index (χ0v) is 12.3. The van der Waals surface area contributed by atoms with E-state index in [0.29, 0.717) is 16.6 Å². The Kier molecular flexibility index (Phi) is 5.93. The van der Waals surface area contributed by atoms with Gasteiger partial charge in [-0.3, -0.25) is 10.1 Å². The van der Waals surface area contributed by atoms with Crippen molar-refractivity contribution in [1.29, 1.82) is 5.26 Å². The van der Waals surface area contributed by atoms with E-state index in [4.69, 9.17) is 5.26 Å². The third-order valence-corrected chi connectivity index (χ3v) is 3.24. The van der Waals surface area contributed by atoms with Crippen LogP contribution in [0.1, 0.15) is 19.8 Å². The molecule has 2 N–H and O–H groups in total. The summed E-state index contributed by atoms with van der Waals surface area (Å²) in [5.41, 5.74) is 0.177. The first-order valence-electron chi connectivity index (χ1n) is 5.86. The summed E-state index contributed by atoms with van der Waals surface area (Å²) in [5, 5.41) is 24.5. The van der Waals surface area contributed by atoms with Gasteiger partial charge in [-0.05, 0) is 34.5 Å². The number of carbonyl (C=O) groups excluding carboxylic acids is 1. The molecule has 7 nitrogen and oxygen atoms in total. The van der Waals surface area contributed by atoms with Gasteiger partial charge in [0.05, 0.1) is 21.9 Å². The highest BCUT2D eigenvalue weighted by molar-refractivity contribution is 9.10. The summed E-state index contributed by atoms with van der Waals surface area (Å²) in [6.45, 7) is 1.85. The lowest BCUT2D eigenvalue weighted by Gasteiger charge is -2.14. The van der Waals surface area contributed by atoms with Gasteiger partial charge in [0.1, 0.15) is 0 Å². The molecule has 0 saturated heterocycles. The lowest BCUT2D eigenvalue weighted by molar-refractivity contribution is -0.385. The molecule has 1 aromatic carbocycles. The molecule has 1 aromatic rings. The zero-order chi connectivity index (χ0) is 15.1. The van der Waals surface area contributed by atoms with E-state index in [1.165, 1.54) is 12.1 Å². The molecule has 106 valence electrons. The molecule has 0 bridgehead atoms. The lowest BCUT2D eigenvalue weighted by Crippen LogP contribution is -2.37. The van der Waals surface area contributed by atoms with E-state index in [1.807, 2.05) is 13.0 Å². The summed E-state index contributed by atoms with van der Waals surface area (Å²) >= 11 is 3.06. The van der Waals surface area contributed by atoms with Gasteiger partial charge in [-0.2, -0.15) is 5.26 Å². The molecule has 0 fully saturated rings. The van der Waals surface area contributed by atoms with Gasteiger partial charge in [0.2, 0.25) is 0 Å². The predicted octanol–water partition coefficient (Wildman–Crippen LogP) is 3.17. The molecule has 1 atom stereocenters. The highest BCUT2D eigenvalue weighted by Gasteiger charge is 2.14. The van der Waals surface area contributed by atoms with Crippen LogP contribution in [0.15, 0.2) is 22.7 Å². The number of carbonyl (C=O) groups is 1. The van der Waals surface area contributed by atoms with E-state index < -0.39 is 11.0 Å². The summed E-state index contributed by atoms with van der Waals surface area (Å²) in [5.74, 6) is 0. The number of amides is 2. The van der Waals surface area contributed by atoms with Crippen LogP contribution in [0.3, 0.4) is 0 Å². The van der Waals surface area contributed by atoms with Gasteiger partial charge in [-0.15, -0.1) is 0 Å². The molecule has 0 spiro atoms. The fraction of sp³-hybridized carbons (Fsp3) is 0.333. The minimum atomic E-state index is -0.544. The fourth-order valence-electron chi connectivity index (χ4n) is 1.49. The Morgan fingerprint density at radius 2 is 2.30 bits per heavy atom. The zero-order valence-electron chi connectivity index (χ0n) is 10.7. The summed E-state index contributed by atoms with van der Waals surface area (Å²) < 4.78 is 0.337. The second kappa shape index (κ2) is 7.45. The molecule has 0 aromatic heterocycles. The van der Waals surface area contributed by atoms with Crippen molar-refractivity contribution in [3.05, 3.63) is 32.8 Å². The number of nitro benzene ring substituents is 1. The van der Waals surface area contributed by atoms with Crippen molar-refractivity contribution in [3.8, 4) is 6.07 Å². The Hall–Kier alpha value is -2.14. The summed E-state index contributed by atoms with van der Waals surface area (Å²) in [7, 11) is 0. The first-order chi connectivity index (χ1) is 9.47. The molecule has 0 aliphatic carbocycles. The highest BCUT2D eigenvalue weighted by Crippen LogP contribution is 2.27. The van der Waals surface area contributed by atoms with Gasteiger partial charge < -0.3 is 10.6 Å². The monoisotopic (exact) mass is 340 g/mol. The standard InChI is InChI=1S/C12H13BrN4O3/c1-2-8(5-6-14)15-12(18)16-9-3-4-10(13)11(7-9)17(19)20/h3-4,7-8H,2,5H2,1H3,(H2,15,16,18)/t8-/m0/s1. The van der Waals surface area contributed by atoms with Crippen LogP contribution in [-0.4, -0.2) is 17.0 Å². The third-order valence-electron chi connectivity index (χ3n) is 2.57. The molecule has 0 aliphatic heterocycles. The van der Waals surface area contributed by atoms with Crippen LogP contribution in [0.5, 0.6) is 0 Å². The number of anilines is 1. The maximum atomic E-state index is 11.7.